The molecule has 0 saturated carbocycles. The first kappa shape index (κ1) is 63.9. The van der Waals surface area contributed by atoms with E-state index in [4.69, 9.17) is 18.9 Å². The summed E-state index contributed by atoms with van der Waals surface area (Å²) < 4.78 is 26.8. The van der Waals surface area contributed by atoms with Crippen LogP contribution in [0.4, 0.5) is 0 Å². The Balaban J connectivity index is 0.000000115. The Hall–Kier alpha value is -8.82. The highest BCUT2D eigenvalue weighted by atomic mass is 79.9. The van der Waals surface area contributed by atoms with Gasteiger partial charge in [0.1, 0.15) is 17.2 Å². The maximum absolute atomic E-state index is 10.5. The highest BCUT2D eigenvalue weighted by molar-refractivity contribution is 9.11. The molecule has 0 bridgehead atoms. The third kappa shape index (κ3) is 8.87. The molecule has 0 saturated heterocycles. The Kier molecular flexibility index (Phi) is 15.1. The van der Waals surface area contributed by atoms with Gasteiger partial charge >= 0.3 is 7.69 Å². The van der Waals surface area contributed by atoms with Crippen molar-refractivity contribution in [3.05, 3.63) is 306 Å². The lowest BCUT2D eigenvalue weighted by Crippen LogP contribution is -2.26. The molecule has 0 aliphatic heterocycles. The Morgan fingerprint density at radius 1 is 0.276 bits per heavy atom. The van der Waals surface area contributed by atoms with Crippen molar-refractivity contribution in [1.29, 1.82) is 0 Å². The summed E-state index contributed by atoms with van der Waals surface area (Å²) in [6.45, 7) is 14.9. The summed E-state index contributed by atoms with van der Waals surface area (Å²) in [6, 6.07) is 64.0. The van der Waals surface area contributed by atoms with Gasteiger partial charge in [0.25, 0.3) is 0 Å². The number of phenols is 3. The summed E-state index contributed by atoms with van der Waals surface area (Å²) in [7, 11) is 5.83. The molecule has 1 radical (unpaired) electrons. The molecule has 3 atom stereocenters. The molecule has 98 heavy (non-hydrogen) atoms. The van der Waals surface area contributed by atoms with Gasteiger partial charge in [-0.1, -0.05) is 154 Å². The number of phenolic OH excluding ortho intramolecular Hbond substituents is 3. The zero-order valence-electron chi connectivity index (χ0n) is 55.3. The van der Waals surface area contributed by atoms with Crippen molar-refractivity contribution in [2.45, 2.75) is 64.7 Å². The lowest BCUT2D eigenvalue weighted by atomic mass is 9.70. The predicted octanol–water partition coefficient (Wildman–Crippen LogP) is 21.3. The quantitative estimate of drug-likeness (QED) is 0.0994. The van der Waals surface area contributed by atoms with Crippen LogP contribution in [0.15, 0.2) is 200 Å². The smallest absolute Gasteiger partial charge is 0.537 e. The number of methoxy groups -OCH3 is 3. The molecule has 6 aliphatic rings. The van der Waals surface area contributed by atoms with Gasteiger partial charge in [-0.25, -0.2) is 0 Å². The van der Waals surface area contributed by atoms with Gasteiger partial charge in [0, 0.05) is 17.9 Å². The second kappa shape index (κ2) is 23.1. The van der Waals surface area contributed by atoms with E-state index in [-0.39, 0.29) is 22.7 Å². The van der Waals surface area contributed by atoms with Crippen LogP contribution in [0, 0.1) is 48.5 Å². The minimum Gasteiger partial charge on any atom is -0.537 e. The number of ether oxygens (including phenoxy) is 3. The van der Waals surface area contributed by atoms with Crippen molar-refractivity contribution in [2.75, 3.05) is 21.3 Å². The lowest BCUT2D eigenvalue weighted by Gasteiger charge is -2.31. The van der Waals surface area contributed by atoms with Crippen LogP contribution < -0.4 is 18.9 Å². The van der Waals surface area contributed by atoms with E-state index < -0.39 is 10.8 Å². The van der Waals surface area contributed by atoms with Crippen LogP contribution in [0.25, 0.3) is 66.8 Å². The number of fused-ring (bicyclic) bond motifs is 30. The summed E-state index contributed by atoms with van der Waals surface area (Å²) in [6.07, 6.45) is 0. The SMILES string of the molecule is COc1cc2c(cc1C)C1(c3cc(Br)ccc3-c3cc(C)c(C)cc31)c1cc(Br)ccc1-2.COc1cc2c(cc1OC)C1(c3cc(C)ccc3-c3cc(C)c(C)cc31)c1cc(O[B]O)ccc1-2.Cc1cc2c(cc1O)-c1ccc(Br)cc1C21c2cc(Br)ccc2-c2cc(O)c(O)cc21. The molecule has 483 valence electrons. The van der Waals surface area contributed by atoms with Crippen molar-refractivity contribution in [3.63, 3.8) is 0 Å². The number of rotatable bonds is 5. The van der Waals surface area contributed by atoms with Crippen LogP contribution in [0.5, 0.6) is 40.2 Å². The van der Waals surface area contributed by atoms with Crippen LogP contribution in [0.1, 0.15) is 106 Å². The maximum atomic E-state index is 10.5. The zero-order valence-corrected chi connectivity index (χ0v) is 61.7. The van der Waals surface area contributed by atoms with Gasteiger partial charge in [-0.2, -0.15) is 0 Å². The van der Waals surface area contributed by atoms with Gasteiger partial charge in [0.2, 0.25) is 0 Å². The zero-order chi connectivity index (χ0) is 68.5. The average molecular weight is 1540 g/mol. The monoisotopic (exact) mass is 1540 g/mol. The molecular formula is C85H64BBr4O8. The van der Waals surface area contributed by atoms with Gasteiger partial charge in [-0.3, -0.25) is 0 Å². The summed E-state index contributed by atoms with van der Waals surface area (Å²) in [5.41, 5.74) is 34.8. The molecule has 3 unspecified atom stereocenters. The van der Waals surface area contributed by atoms with Crippen molar-refractivity contribution in [1.82, 2.24) is 0 Å². The Morgan fingerprint density at radius 2 is 0.582 bits per heavy atom. The molecular weight excluding hydrogens is 1480 g/mol. The Labute approximate surface area is 604 Å². The van der Waals surface area contributed by atoms with E-state index in [1.54, 1.807) is 33.5 Å². The molecule has 0 amide bonds. The van der Waals surface area contributed by atoms with Crippen LogP contribution >= 0.6 is 63.7 Å². The molecule has 18 rings (SSSR count). The second-order valence-corrected chi connectivity index (χ2v) is 30.3. The fourth-order valence-corrected chi connectivity index (χ4v) is 18.6. The molecule has 12 aromatic carbocycles. The largest absolute Gasteiger partial charge is 0.569 e. The van der Waals surface area contributed by atoms with Crippen molar-refractivity contribution in [2.24, 2.45) is 0 Å². The van der Waals surface area contributed by atoms with Crippen LogP contribution in [0.2, 0.25) is 0 Å². The first-order valence-electron chi connectivity index (χ1n) is 32.3. The highest BCUT2D eigenvalue weighted by Crippen LogP contribution is 2.68. The molecule has 0 heterocycles. The third-order valence-corrected chi connectivity index (χ3v) is 23.6. The fourth-order valence-electron chi connectivity index (χ4n) is 17.2. The van der Waals surface area contributed by atoms with E-state index in [0.29, 0.717) is 17.2 Å². The third-order valence-electron chi connectivity index (χ3n) is 21.6. The Morgan fingerprint density at radius 3 is 1.03 bits per heavy atom. The molecule has 3 spiro atoms. The molecule has 6 aliphatic carbocycles. The number of aryl methyl sites for hydroxylation is 7. The summed E-state index contributed by atoms with van der Waals surface area (Å²) in [5.74, 6) is 2.88. The van der Waals surface area contributed by atoms with E-state index in [1.807, 2.05) is 43.3 Å². The standard InChI is InChI=1S/C30H26BO4.C29H22Br2O.C26H16Br2O3/c1-16-6-8-20-22-11-17(2)18(3)12-25(22)30(24(20)10-16)26-13-19(35-31-32)7-9-21(26)23-14-28(33-4)29(34-5)15-27(23)30;1-15-9-22-20-7-5-18(30)12-26(20)29(24(22)10-16(15)2)25-11-17(3)28(32-4)14-23(25)21-8-6-19(31)13-27(21)29;1-12-6-19-17(9-23(12)29)15-4-2-13(27)7-20(15)26(19)21-8-14(28)3-5-16(21)18-10-24(30)25(31)11-22(18)26/h6-15,32H,1-5H3;5-14H,1-4H3;2-11,29-31H,1H3. The topological polar surface area (TPSA) is 118 Å². The minimum absolute atomic E-state index is 0.140. The first-order chi connectivity index (χ1) is 47.1. The second-order valence-electron chi connectivity index (χ2n) is 26.6. The van der Waals surface area contributed by atoms with E-state index >= 15 is 0 Å². The minimum atomic E-state index is -0.674. The van der Waals surface area contributed by atoms with Gasteiger partial charge in [-0.05, 0) is 312 Å². The highest BCUT2D eigenvalue weighted by Gasteiger charge is 2.56. The summed E-state index contributed by atoms with van der Waals surface area (Å²) >= 11 is 14.8. The molecule has 4 N–H and O–H groups in total. The van der Waals surface area contributed by atoms with Gasteiger partial charge in [0.15, 0.2) is 23.0 Å². The first-order valence-corrected chi connectivity index (χ1v) is 35.5. The molecule has 0 aromatic heterocycles. The number of benzene rings is 12. The van der Waals surface area contributed by atoms with Crippen LogP contribution in [-0.4, -0.2) is 49.4 Å². The average Bonchev–Trinajstić information content (AvgIpc) is 1.52. The van der Waals surface area contributed by atoms with E-state index in [1.165, 1.54) is 94.6 Å². The normalized spacial score (nSPS) is 17.0. The molecule has 0 fully saturated rings. The number of halogens is 4. The lowest BCUT2D eigenvalue weighted by molar-refractivity contribution is 0.354. The predicted molar refractivity (Wildman–Crippen MR) is 405 cm³/mol. The van der Waals surface area contributed by atoms with E-state index in [0.717, 1.165) is 109 Å². The molecule has 13 heteroatoms. The van der Waals surface area contributed by atoms with Crippen molar-refractivity contribution in [3.8, 4) is 107 Å². The van der Waals surface area contributed by atoms with E-state index in [2.05, 4.69) is 239 Å². The number of hydrogen-bond acceptors (Lipinski definition) is 8. The summed E-state index contributed by atoms with van der Waals surface area (Å²) in [5, 5.41) is 40.7. The van der Waals surface area contributed by atoms with Crippen molar-refractivity contribution >= 4 is 71.4 Å². The molecule has 12 aromatic rings. The number of aromatic hydroxyl groups is 3. The van der Waals surface area contributed by atoms with Gasteiger partial charge < -0.3 is 39.2 Å². The van der Waals surface area contributed by atoms with Crippen LogP contribution in [0.3, 0.4) is 0 Å². The Bertz CT molecular complexity index is 5410. The molecule has 8 nitrogen and oxygen atoms in total. The van der Waals surface area contributed by atoms with Crippen LogP contribution in [-0.2, 0) is 16.2 Å². The van der Waals surface area contributed by atoms with E-state index in [9.17, 15) is 20.3 Å². The summed E-state index contributed by atoms with van der Waals surface area (Å²) in [4.78, 5) is 0. The van der Waals surface area contributed by atoms with Crippen molar-refractivity contribution < 1.29 is 39.2 Å². The maximum Gasteiger partial charge on any atom is 0.569 e. The fraction of sp³-hybridized carbons (Fsp3) is 0.153. The number of hydrogen-bond donors (Lipinski definition) is 4. The van der Waals surface area contributed by atoms with Gasteiger partial charge in [0.05, 0.1) is 37.6 Å². The van der Waals surface area contributed by atoms with Gasteiger partial charge in [-0.15, -0.1) is 0 Å².